The van der Waals surface area contributed by atoms with E-state index < -0.39 is 0 Å². The molecule has 0 saturated heterocycles. The first kappa shape index (κ1) is 7.85. The van der Waals surface area contributed by atoms with E-state index in [0.717, 1.165) is 5.39 Å². The van der Waals surface area contributed by atoms with E-state index in [1.807, 2.05) is 0 Å². The van der Waals surface area contributed by atoms with E-state index in [9.17, 15) is 0 Å². The Hall–Kier alpha value is -2.51. The highest BCUT2D eigenvalue weighted by Crippen LogP contribution is 2.16. The maximum absolute atomic E-state index is 5.56. The van der Waals surface area contributed by atoms with Crippen molar-refractivity contribution < 1.29 is 0 Å². The second kappa shape index (κ2) is 2.74. The third kappa shape index (κ3) is 1.11. The van der Waals surface area contributed by atoms with Crippen molar-refractivity contribution in [1.29, 1.82) is 0 Å². The summed E-state index contributed by atoms with van der Waals surface area (Å²) in [7, 11) is 0. The number of nitrogens with two attached hydrogens (primary N) is 1. The van der Waals surface area contributed by atoms with Crippen molar-refractivity contribution in [3.63, 3.8) is 0 Å². The monoisotopic (exact) mass is 202 g/mol. The summed E-state index contributed by atoms with van der Waals surface area (Å²) in [5.74, 6) is 0.723. The van der Waals surface area contributed by atoms with Gasteiger partial charge in [-0.3, -0.25) is 5.10 Å². The first-order chi connectivity index (χ1) is 7.34. The molecule has 0 saturated carbocycles. The van der Waals surface area contributed by atoms with Gasteiger partial charge in [-0.1, -0.05) is 0 Å². The highest BCUT2D eigenvalue weighted by Gasteiger charge is 2.09. The van der Waals surface area contributed by atoms with Crippen LogP contribution in [-0.2, 0) is 0 Å². The summed E-state index contributed by atoms with van der Waals surface area (Å²) in [5.41, 5.74) is 6.14. The number of hydrogen-bond acceptors (Lipinski definition) is 6. The Morgan fingerprint density at radius 1 is 1.33 bits per heavy atom. The van der Waals surface area contributed by atoms with Crippen LogP contribution in [0.2, 0.25) is 0 Å². The lowest BCUT2D eigenvalue weighted by Gasteiger charge is -2.00. The highest BCUT2D eigenvalue weighted by atomic mass is 15.4. The topological polar surface area (TPSA) is 111 Å². The van der Waals surface area contributed by atoms with Gasteiger partial charge in [0.2, 0.25) is 5.95 Å². The minimum absolute atomic E-state index is 0.164. The number of nitrogens with zero attached hydrogens (tertiary/aromatic N) is 6. The van der Waals surface area contributed by atoms with Crippen LogP contribution in [0.5, 0.6) is 0 Å². The predicted octanol–water partition coefficient (Wildman–Crippen LogP) is -0.484. The minimum atomic E-state index is 0.164. The molecule has 8 nitrogen and oxygen atoms in total. The number of hydrogen-bond donors (Lipinski definition) is 2. The van der Waals surface area contributed by atoms with E-state index in [1.54, 1.807) is 6.20 Å². The molecule has 0 fully saturated rings. The standard InChI is InChI=1S/C7H6N8/c8-7-12-5-4(1-10-14-5)6(13-7)15-3-9-2-11-15/h1-3H,(H3,8,10,12,13,14). The van der Waals surface area contributed by atoms with Crippen molar-refractivity contribution in [3.8, 4) is 5.82 Å². The van der Waals surface area contributed by atoms with Crippen LogP contribution in [0.15, 0.2) is 18.9 Å². The van der Waals surface area contributed by atoms with Crippen molar-refractivity contribution in [2.24, 2.45) is 0 Å². The van der Waals surface area contributed by atoms with Crippen LogP contribution in [0.4, 0.5) is 5.95 Å². The van der Waals surface area contributed by atoms with E-state index in [-0.39, 0.29) is 5.95 Å². The van der Waals surface area contributed by atoms with Crippen molar-refractivity contribution in [1.82, 2.24) is 34.9 Å². The summed E-state index contributed by atoms with van der Waals surface area (Å²) >= 11 is 0. The Morgan fingerprint density at radius 2 is 2.27 bits per heavy atom. The lowest BCUT2D eigenvalue weighted by molar-refractivity contribution is 0.852. The van der Waals surface area contributed by atoms with E-state index in [4.69, 9.17) is 5.73 Å². The van der Waals surface area contributed by atoms with Gasteiger partial charge in [0.1, 0.15) is 12.7 Å². The number of nitrogen functional groups attached to an aromatic ring is 1. The molecule has 0 aliphatic carbocycles. The molecule has 3 rings (SSSR count). The van der Waals surface area contributed by atoms with Crippen LogP contribution < -0.4 is 5.73 Å². The van der Waals surface area contributed by atoms with E-state index in [2.05, 4.69) is 30.2 Å². The van der Waals surface area contributed by atoms with E-state index in [0.29, 0.717) is 11.5 Å². The molecule has 8 heteroatoms. The molecule has 0 aliphatic rings. The SMILES string of the molecule is Nc1nc(-n2cncn2)c2cn[nH]c2n1. The molecular formula is C7H6N8. The van der Waals surface area contributed by atoms with Gasteiger partial charge in [-0.15, -0.1) is 0 Å². The molecule has 15 heavy (non-hydrogen) atoms. The van der Waals surface area contributed by atoms with Crippen LogP contribution in [0, 0.1) is 0 Å². The molecule has 0 amide bonds. The van der Waals surface area contributed by atoms with Gasteiger partial charge in [0.05, 0.1) is 11.6 Å². The first-order valence-corrected chi connectivity index (χ1v) is 4.16. The molecule has 0 aliphatic heterocycles. The lowest BCUT2D eigenvalue weighted by atomic mass is 10.4. The first-order valence-electron chi connectivity index (χ1n) is 4.16. The Labute approximate surface area is 83.2 Å². The lowest BCUT2D eigenvalue weighted by Crippen LogP contribution is -2.03. The third-order valence-electron chi connectivity index (χ3n) is 1.94. The molecule has 3 aromatic heterocycles. The summed E-state index contributed by atoms with van der Waals surface area (Å²) in [6, 6.07) is 0. The van der Waals surface area contributed by atoms with Crippen LogP contribution in [0.25, 0.3) is 16.9 Å². The summed E-state index contributed by atoms with van der Waals surface area (Å²) in [6.45, 7) is 0. The average Bonchev–Trinajstić information content (AvgIpc) is 2.86. The molecule has 3 aromatic rings. The largest absolute Gasteiger partial charge is 0.368 e. The second-order valence-corrected chi connectivity index (χ2v) is 2.88. The molecule has 0 radical (unpaired) electrons. The van der Waals surface area contributed by atoms with Gasteiger partial charge >= 0.3 is 0 Å². The quantitative estimate of drug-likeness (QED) is 0.551. The van der Waals surface area contributed by atoms with Crippen molar-refractivity contribution in [2.45, 2.75) is 0 Å². The summed E-state index contributed by atoms with van der Waals surface area (Å²) in [4.78, 5) is 11.9. The molecule has 0 bridgehead atoms. The van der Waals surface area contributed by atoms with Gasteiger partial charge in [-0.25, -0.2) is 9.67 Å². The maximum Gasteiger partial charge on any atom is 0.224 e. The fourth-order valence-electron chi connectivity index (χ4n) is 1.33. The Bertz CT molecular complexity index is 595. The summed E-state index contributed by atoms with van der Waals surface area (Å²) in [5, 5.41) is 11.3. The number of H-pyrrole nitrogens is 1. The number of rotatable bonds is 1. The fourth-order valence-corrected chi connectivity index (χ4v) is 1.33. The molecule has 0 atom stereocenters. The Kier molecular flexibility index (Phi) is 1.43. The third-order valence-corrected chi connectivity index (χ3v) is 1.94. The number of anilines is 1. The summed E-state index contributed by atoms with van der Waals surface area (Å²) in [6.07, 6.45) is 4.57. The molecule has 0 spiro atoms. The number of fused-ring (bicyclic) bond motifs is 1. The van der Waals surface area contributed by atoms with Crippen LogP contribution in [-0.4, -0.2) is 34.9 Å². The number of aromatic nitrogens is 7. The predicted molar refractivity (Wildman–Crippen MR) is 51.0 cm³/mol. The zero-order valence-electron chi connectivity index (χ0n) is 7.49. The molecule has 0 unspecified atom stereocenters. The molecule has 3 N–H and O–H groups in total. The van der Waals surface area contributed by atoms with Gasteiger partial charge < -0.3 is 5.73 Å². The fraction of sp³-hybridized carbons (Fsp3) is 0. The second-order valence-electron chi connectivity index (χ2n) is 2.88. The van der Waals surface area contributed by atoms with Crippen LogP contribution in [0.1, 0.15) is 0 Å². The smallest absolute Gasteiger partial charge is 0.224 e. The van der Waals surface area contributed by atoms with Crippen LogP contribution in [0.3, 0.4) is 0 Å². The minimum Gasteiger partial charge on any atom is -0.368 e. The van der Waals surface area contributed by atoms with Gasteiger partial charge in [-0.05, 0) is 0 Å². The Balaban J connectivity index is 2.38. The Morgan fingerprint density at radius 3 is 3.07 bits per heavy atom. The van der Waals surface area contributed by atoms with Crippen molar-refractivity contribution >= 4 is 17.0 Å². The van der Waals surface area contributed by atoms with Crippen molar-refractivity contribution in [2.75, 3.05) is 5.73 Å². The van der Waals surface area contributed by atoms with Gasteiger partial charge in [0, 0.05) is 0 Å². The molecule has 74 valence electrons. The van der Waals surface area contributed by atoms with E-state index >= 15 is 0 Å². The molecular weight excluding hydrogens is 196 g/mol. The number of aromatic amines is 1. The zero-order chi connectivity index (χ0) is 10.3. The average molecular weight is 202 g/mol. The number of nitrogens with one attached hydrogen (secondary N) is 1. The van der Waals surface area contributed by atoms with Crippen molar-refractivity contribution in [3.05, 3.63) is 18.9 Å². The van der Waals surface area contributed by atoms with Gasteiger partial charge in [0.25, 0.3) is 0 Å². The molecule has 0 aromatic carbocycles. The summed E-state index contributed by atoms with van der Waals surface area (Å²) < 4.78 is 1.51. The highest BCUT2D eigenvalue weighted by molar-refractivity contribution is 5.82. The van der Waals surface area contributed by atoms with Gasteiger partial charge in [0.15, 0.2) is 11.5 Å². The normalized spacial score (nSPS) is 10.9. The maximum atomic E-state index is 5.56. The zero-order valence-corrected chi connectivity index (χ0v) is 7.49. The van der Waals surface area contributed by atoms with Gasteiger partial charge in [-0.2, -0.15) is 20.2 Å². The molecule has 3 heterocycles. The van der Waals surface area contributed by atoms with E-state index in [1.165, 1.54) is 17.3 Å². The van der Waals surface area contributed by atoms with Crippen LogP contribution >= 0.6 is 0 Å².